The topological polar surface area (TPSA) is 15.3 Å². The van der Waals surface area contributed by atoms with Crippen LogP contribution in [-0.4, -0.2) is 31.6 Å². The van der Waals surface area contributed by atoms with Crippen LogP contribution in [0.25, 0.3) is 0 Å². The average Bonchev–Trinajstić information content (AvgIpc) is 3.04. The zero-order valence-corrected chi connectivity index (χ0v) is 36.0. The highest BCUT2D eigenvalue weighted by Gasteiger charge is 2.58. The van der Waals surface area contributed by atoms with Crippen molar-refractivity contribution in [2.75, 3.05) is 26.7 Å². The van der Waals surface area contributed by atoms with Gasteiger partial charge in [-0.15, -0.1) is 6.58 Å². The quantitative estimate of drug-likeness (QED) is 0.0827. The summed E-state index contributed by atoms with van der Waals surface area (Å²) in [6.45, 7) is 44.2. The Morgan fingerprint density at radius 2 is 1.57 bits per heavy atom. The molecule has 49 heavy (non-hydrogen) atoms. The zero-order valence-electron chi connectivity index (χ0n) is 35.1. The number of nitrogens with one attached hydrogen (secondary N) is 1. The molecule has 0 aromatic heterocycles. The molecule has 2 nitrogen and oxygen atoms in total. The Morgan fingerprint density at radius 3 is 2.06 bits per heavy atom. The van der Waals surface area contributed by atoms with E-state index in [1.54, 1.807) is 0 Å². The summed E-state index contributed by atoms with van der Waals surface area (Å²) in [5.74, 6) is 2.31. The first-order valence-electron chi connectivity index (χ1n) is 19.7. The first-order valence-corrected chi connectivity index (χ1v) is 20.3. The van der Waals surface area contributed by atoms with Crippen LogP contribution in [-0.2, 0) is 5.75 Å². The van der Waals surface area contributed by atoms with Gasteiger partial charge in [0, 0.05) is 31.1 Å². The van der Waals surface area contributed by atoms with E-state index >= 15 is 0 Å². The lowest BCUT2D eigenvalue weighted by molar-refractivity contribution is -0.122. The molecule has 0 spiro atoms. The number of nitrogens with zero attached hydrogens (tertiary/aromatic N) is 1. The summed E-state index contributed by atoms with van der Waals surface area (Å²) < 4.78 is 0. The molecule has 3 heteroatoms. The predicted molar refractivity (Wildman–Crippen MR) is 226 cm³/mol. The van der Waals surface area contributed by atoms with E-state index in [-0.39, 0.29) is 27.1 Å². The SMILES string of the molecule is C=CC(C/C=C/C)CC(=C)N(CCCC(C)(C(C)(C)C)C(C)(C)C(C)(C)C(CC(C)(C)C(C)CCCC)c1ccc(CS)cc1)CCNC. The van der Waals surface area contributed by atoms with E-state index in [4.69, 9.17) is 0 Å². The molecule has 0 heterocycles. The fourth-order valence-corrected chi connectivity index (χ4v) is 8.56. The molecule has 0 aliphatic heterocycles. The number of thiol groups is 1. The summed E-state index contributed by atoms with van der Waals surface area (Å²) in [4.78, 5) is 2.55. The molecule has 0 amide bonds. The normalized spacial score (nSPS) is 16.3. The summed E-state index contributed by atoms with van der Waals surface area (Å²) in [5, 5.41) is 3.38. The molecule has 4 atom stereocenters. The van der Waals surface area contributed by atoms with Crippen molar-refractivity contribution in [3.05, 3.63) is 72.5 Å². The lowest BCUT2D eigenvalue weighted by Gasteiger charge is -2.62. The van der Waals surface area contributed by atoms with Gasteiger partial charge in [0.2, 0.25) is 0 Å². The largest absolute Gasteiger partial charge is 0.374 e. The van der Waals surface area contributed by atoms with Crippen LogP contribution in [0.2, 0.25) is 0 Å². The molecule has 282 valence electrons. The van der Waals surface area contributed by atoms with Crippen molar-refractivity contribution in [1.82, 2.24) is 10.2 Å². The molecule has 0 bridgehead atoms. The Balaban J connectivity index is 3.56. The van der Waals surface area contributed by atoms with Crippen LogP contribution in [0.5, 0.6) is 0 Å². The van der Waals surface area contributed by atoms with E-state index in [1.165, 1.54) is 48.9 Å². The van der Waals surface area contributed by atoms with Crippen molar-refractivity contribution < 1.29 is 0 Å². The maximum absolute atomic E-state index is 4.61. The molecule has 0 fully saturated rings. The predicted octanol–water partition coefficient (Wildman–Crippen LogP) is 13.5. The third kappa shape index (κ3) is 12.1. The second-order valence-corrected chi connectivity index (χ2v) is 18.7. The van der Waals surface area contributed by atoms with E-state index < -0.39 is 0 Å². The molecule has 1 rings (SSSR count). The number of allylic oxidation sites excluding steroid dienone is 4. The Kier molecular flexibility index (Phi) is 18.6. The highest BCUT2D eigenvalue weighted by molar-refractivity contribution is 7.79. The fourth-order valence-electron chi connectivity index (χ4n) is 8.35. The first kappa shape index (κ1) is 45.6. The lowest BCUT2D eigenvalue weighted by Crippen LogP contribution is -2.55. The molecule has 1 aromatic carbocycles. The molecule has 1 aromatic rings. The maximum atomic E-state index is 4.61. The number of hydrogen-bond donors (Lipinski definition) is 2. The summed E-state index contributed by atoms with van der Waals surface area (Å²) in [5.41, 5.74) is 4.51. The van der Waals surface area contributed by atoms with Crippen LogP contribution >= 0.6 is 12.6 Å². The number of unbranched alkanes of at least 4 members (excludes halogenated alkanes) is 1. The molecule has 0 aliphatic carbocycles. The van der Waals surface area contributed by atoms with E-state index in [0.717, 1.165) is 44.6 Å². The Morgan fingerprint density at radius 1 is 0.959 bits per heavy atom. The number of likely N-dealkylation sites (N-methyl/N-ethyl adjacent to an activating group) is 1. The van der Waals surface area contributed by atoms with Crippen molar-refractivity contribution in [3.8, 4) is 0 Å². The van der Waals surface area contributed by atoms with Crippen LogP contribution in [0.15, 0.2) is 61.3 Å². The molecule has 0 saturated carbocycles. The standard InChI is InChI=1S/C46H82N2S/c1-17-20-23-36(4)43(9,10)34-41(40-27-25-39(35-49)26-28-40)44(11,12)45(13,14)46(15,42(6,7)8)29-22-31-48(32-30-47-16)37(5)33-38(19-3)24-21-18-2/h18-19,21,25-28,36,38,41,47,49H,3,5,17,20,22-24,29-35H2,1-2,4,6-16H3/b21-18+. The second kappa shape index (κ2) is 20.0. The van der Waals surface area contributed by atoms with Crippen molar-refractivity contribution in [1.29, 1.82) is 0 Å². The smallest absolute Gasteiger partial charge is 0.0299 e. The maximum Gasteiger partial charge on any atom is 0.0299 e. The van der Waals surface area contributed by atoms with Gasteiger partial charge in [-0.2, -0.15) is 12.6 Å². The molecular formula is C46H82N2S. The Hall–Kier alpha value is -1.45. The highest BCUT2D eigenvalue weighted by Crippen LogP contribution is 2.66. The van der Waals surface area contributed by atoms with E-state index in [9.17, 15) is 0 Å². The number of benzene rings is 1. The fraction of sp³-hybridized carbons (Fsp3) is 0.739. The van der Waals surface area contributed by atoms with Crippen molar-refractivity contribution in [2.45, 2.75) is 153 Å². The van der Waals surface area contributed by atoms with Crippen molar-refractivity contribution in [3.63, 3.8) is 0 Å². The summed E-state index contributed by atoms with van der Waals surface area (Å²) in [7, 11) is 2.05. The molecule has 4 unspecified atom stereocenters. The minimum atomic E-state index is 0.0264. The van der Waals surface area contributed by atoms with Gasteiger partial charge < -0.3 is 10.2 Å². The van der Waals surface area contributed by atoms with Gasteiger partial charge in [0.25, 0.3) is 0 Å². The zero-order chi connectivity index (χ0) is 37.7. The summed E-state index contributed by atoms with van der Waals surface area (Å²) in [6, 6.07) is 9.48. The van der Waals surface area contributed by atoms with Crippen LogP contribution in [0.3, 0.4) is 0 Å². The third-order valence-corrected chi connectivity index (χ3v) is 14.2. The van der Waals surface area contributed by atoms with Crippen LogP contribution < -0.4 is 5.32 Å². The van der Waals surface area contributed by atoms with Crippen molar-refractivity contribution in [2.24, 2.45) is 38.9 Å². The second-order valence-electron chi connectivity index (χ2n) is 18.4. The molecule has 0 radical (unpaired) electrons. The van der Waals surface area contributed by atoms with Crippen LogP contribution in [0.1, 0.15) is 158 Å². The van der Waals surface area contributed by atoms with Gasteiger partial charge in [0.15, 0.2) is 0 Å². The monoisotopic (exact) mass is 695 g/mol. The number of rotatable bonds is 24. The molecule has 0 saturated heterocycles. The molecule has 1 N–H and O–H groups in total. The summed E-state index contributed by atoms with van der Waals surface area (Å²) in [6.07, 6.45) is 15.9. The van der Waals surface area contributed by atoms with Gasteiger partial charge in [-0.05, 0) is 102 Å². The Bertz CT molecular complexity index is 1130. The van der Waals surface area contributed by atoms with E-state index in [0.29, 0.717) is 17.8 Å². The van der Waals surface area contributed by atoms with E-state index in [2.05, 4.69) is 176 Å². The van der Waals surface area contributed by atoms with Crippen LogP contribution in [0.4, 0.5) is 0 Å². The minimum Gasteiger partial charge on any atom is -0.374 e. The van der Waals surface area contributed by atoms with Gasteiger partial charge in [0.1, 0.15) is 0 Å². The minimum absolute atomic E-state index is 0.0264. The van der Waals surface area contributed by atoms with E-state index in [1.807, 2.05) is 0 Å². The van der Waals surface area contributed by atoms with Gasteiger partial charge >= 0.3 is 0 Å². The van der Waals surface area contributed by atoms with Gasteiger partial charge in [-0.1, -0.05) is 151 Å². The Labute approximate surface area is 312 Å². The highest BCUT2D eigenvalue weighted by atomic mass is 32.1. The first-order chi connectivity index (χ1) is 22.7. The lowest BCUT2D eigenvalue weighted by atomic mass is 9.42. The molecular weight excluding hydrogens is 613 g/mol. The van der Waals surface area contributed by atoms with Gasteiger partial charge in [-0.25, -0.2) is 0 Å². The number of hydrogen-bond acceptors (Lipinski definition) is 3. The summed E-state index contributed by atoms with van der Waals surface area (Å²) >= 11 is 4.59. The van der Waals surface area contributed by atoms with Crippen LogP contribution in [0, 0.1) is 38.9 Å². The van der Waals surface area contributed by atoms with Gasteiger partial charge in [-0.3, -0.25) is 0 Å². The average molecular weight is 695 g/mol. The van der Waals surface area contributed by atoms with Crippen molar-refractivity contribution >= 4 is 12.6 Å². The van der Waals surface area contributed by atoms with Gasteiger partial charge in [0.05, 0.1) is 0 Å². The third-order valence-electron chi connectivity index (χ3n) is 13.8. The molecule has 0 aliphatic rings.